The summed E-state index contributed by atoms with van der Waals surface area (Å²) in [4.78, 5) is 14.1. The Morgan fingerprint density at radius 1 is 1.39 bits per heavy atom. The number of benzene rings is 1. The fraction of sp³-hybridized carbons (Fsp3) is 0.467. The second kappa shape index (κ2) is 4.45. The van der Waals surface area contributed by atoms with Crippen LogP contribution < -0.4 is 0 Å². The average Bonchev–Trinajstić information content (AvgIpc) is 2.35. The van der Waals surface area contributed by atoms with Gasteiger partial charge >= 0.3 is 0 Å². The van der Waals surface area contributed by atoms with Crippen LogP contribution in [0.15, 0.2) is 24.3 Å². The molecule has 0 aromatic heterocycles. The van der Waals surface area contributed by atoms with Crippen molar-refractivity contribution in [2.75, 3.05) is 6.54 Å². The van der Waals surface area contributed by atoms with Crippen molar-refractivity contribution in [3.63, 3.8) is 0 Å². The van der Waals surface area contributed by atoms with Gasteiger partial charge in [-0.05, 0) is 17.5 Å². The first-order chi connectivity index (χ1) is 8.45. The molecule has 1 amide bonds. The maximum absolute atomic E-state index is 12.4. The minimum atomic E-state index is -0.443. The Morgan fingerprint density at radius 2 is 2.06 bits per heavy atom. The smallest absolute Gasteiger partial charge is 0.229 e. The molecule has 0 radical (unpaired) electrons. The minimum absolute atomic E-state index is 0.0450. The second-order valence-electron chi connectivity index (χ2n) is 5.73. The summed E-state index contributed by atoms with van der Waals surface area (Å²) in [6, 6.07) is 9.72. The van der Waals surface area contributed by atoms with Crippen LogP contribution in [0.4, 0.5) is 0 Å². The predicted molar refractivity (Wildman–Crippen MR) is 69.7 cm³/mol. The monoisotopic (exact) mass is 242 g/mol. The van der Waals surface area contributed by atoms with Gasteiger partial charge in [0.15, 0.2) is 0 Å². The zero-order valence-electron chi connectivity index (χ0n) is 11.1. The van der Waals surface area contributed by atoms with Gasteiger partial charge in [0.2, 0.25) is 5.91 Å². The molecule has 18 heavy (non-hydrogen) atoms. The summed E-state index contributed by atoms with van der Waals surface area (Å²) in [5.74, 6) is 0.0450. The Bertz CT molecular complexity index is 508. The van der Waals surface area contributed by atoms with E-state index in [2.05, 4.69) is 6.07 Å². The molecule has 0 spiro atoms. The second-order valence-corrected chi connectivity index (χ2v) is 5.73. The molecule has 3 heteroatoms. The van der Waals surface area contributed by atoms with Crippen molar-refractivity contribution >= 4 is 5.91 Å². The lowest BCUT2D eigenvalue weighted by Gasteiger charge is -2.37. The van der Waals surface area contributed by atoms with Gasteiger partial charge in [0.25, 0.3) is 0 Å². The maximum Gasteiger partial charge on any atom is 0.229 e. The van der Waals surface area contributed by atoms with Crippen LogP contribution in [0.5, 0.6) is 0 Å². The number of carbonyl (C=O) groups is 1. The van der Waals surface area contributed by atoms with Crippen molar-refractivity contribution in [3.8, 4) is 6.07 Å². The van der Waals surface area contributed by atoms with E-state index >= 15 is 0 Å². The highest BCUT2D eigenvalue weighted by Gasteiger charge is 2.35. The van der Waals surface area contributed by atoms with Crippen LogP contribution in [0, 0.1) is 16.7 Å². The van der Waals surface area contributed by atoms with E-state index in [1.54, 1.807) is 4.90 Å². The number of hydrogen-bond acceptors (Lipinski definition) is 2. The van der Waals surface area contributed by atoms with E-state index in [-0.39, 0.29) is 5.91 Å². The number of nitrogens with zero attached hydrogens (tertiary/aromatic N) is 2. The van der Waals surface area contributed by atoms with Crippen LogP contribution in [0.3, 0.4) is 0 Å². The Kier molecular flexibility index (Phi) is 3.13. The van der Waals surface area contributed by atoms with Crippen molar-refractivity contribution in [3.05, 3.63) is 35.4 Å². The van der Waals surface area contributed by atoms with Gasteiger partial charge < -0.3 is 4.90 Å². The third kappa shape index (κ3) is 2.11. The standard InChI is InChI=1S/C15H18N2O/c1-15(2,3)14(18)17-9-8-11-6-4-5-7-12(11)13(17)10-16/h4-7,13H,8-9H2,1-3H3. The average molecular weight is 242 g/mol. The third-order valence-corrected chi connectivity index (χ3v) is 3.31. The van der Waals surface area contributed by atoms with Crippen LogP contribution in [0.25, 0.3) is 0 Å². The van der Waals surface area contributed by atoms with Gasteiger partial charge in [-0.1, -0.05) is 45.0 Å². The van der Waals surface area contributed by atoms with Crippen molar-refractivity contribution in [1.82, 2.24) is 4.90 Å². The molecule has 0 saturated heterocycles. The van der Waals surface area contributed by atoms with E-state index < -0.39 is 11.5 Å². The van der Waals surface area contributed by atoms with E-state index in [4.69, 9.17) is 0 Å². The summed E-state index contributed by atoms with van der Waals surface area (Å²) in [6.07, 6.45) is 0.830. The summed E-state index contributed by atoms with van der Waals surface area (Å²) in [6.45, 7) is 6.31. The molecule has 94 valence electrons. The zero-order valence-corrected chi connectivity index (χ0v) is 11.1. The first kappa shape index (κ1) is 12.6. The van der Waals surface area contributed by atoms with Gasteiger partial charge in [-0.3, -0.25) is 4.79 Å². The first-order valence-corrected chi connectivity index (χ1v) is 6.23. The number of amides is 1. The Balaban J connectivity index is 2.38. The highest BCUT2D eigenvalue weighted by molar-refractivity contribution is 5.82. The molecule has 1 aromatic carbocycles. The largest absolute Gasteiger partial charge is 0.322 e. The molecule has 2 rings (SSSR count). The lowest BCUT2D eigenvalue weighted by atomic mass is 9.88. The van der Waals surface area contributed by atoms with Crippen LogP contribution in [-0.4, -0.2) is 17.4 Å². The molecule has 1 atom stereocenters. The quantitative estimate of drug-likeness (QED) is 0.702. The van der Waals surface area contributed by atoms with Crippen molar-refractivity contribution in [1.29, 1.82) is 5.26 Å². The molecule has 0 N–H and O–H groups in total. The molecular formula is C15H18N2O. The molecule has 0 saturated carbocycles. The lowest BCUT2D eigenvalue weighted by Crippen LogP contribution is -2.44. The highest BCUT2D eigenvalue weighted by atomic mass is 16.2. The topological polar surface area (TPSA) is 44.1 Å². The number of nitriles is 1. The van der Waals surface area contributed by atoms with Gasteiger partial charge in [-0.2, -0.15) is 5.26 Å². The van der Waals surface area contributed by atoms with Crippen molar-refractivity contribution in [2.24, 2.45) is 5.41 Å². The number of hydrogen-bond donors (Lipinski definition) is 0. The number of rotatable bonds is 0. The first-order valence-electron chi connectivity index (χ1n) is 6.23. The van der Waals surface area contributed by atoms with Gasteiger partial charge in [-0.25, -0.2) is 0 Å². The minimum Gasteiger partial charge on any atom is -0.322 e. The Morgan fingerprint density at radius 3 is 2.67 bits per heavy atom. The van der Waals surface area contributed by atoms with E-state index in [9.17, 15) is 10.1 Å². The van der Waals surface area contributed by atoms with Crippen molar-refractivity contribution < 1.29 is 4.79 Å². The molecule has 0 aliphatic carbocycles. The molecule has 1 aromatic rings. The summed E-state index contributed by atoms with van der Waals surface area (Å²) in [7, 11) is 0. The van der Waals surface area contributed by atoms with E-state index in [1.807, 2.05) is 45.0 Å². The van der Waals surface area contributed by atoms with Gasteiger partial charge in [0.05, 0.1) is 6.07 Å². The molecule has 0 bridgehead atoms. The molecule has 1 unspecified atom stereocenters. The zero-order chi connectivity index (χ0) is 13.3. The van der Waals surface area contributed by atoms with E-state index in [1.165, 1.54) is 5.56 Å². The maximum atomic E-state index is 12.4. The fourth-order valence-corrected chi connectivity index (χ4v) is 2.36. The van der Waals surface area contributed by atoms with Gasteiger partial charge in [0.1, 0.15) is 6.04 Å². The summed E-state index contributed by atoms with van der Waals surface area (Å²) in [5.41, 5.74) is 1.72. The fourth-order valence-electron chi connectivity index (χ4n) is 2.36. The SMILES string of the molecule is CC(C)(C)C(=O)N1CCc2ccccc2C1C#N. The Labute approximate surface area is 108 Å². The van der Waals surface area contributed by atoms with Crippen LogP contribution in [0.1, 0.15) is 37.9 Å². The lowest BCUT2D eigenvalue weighted by molar-refractivity contribution is -0.141. The molecule has 1 aliphatic heterocycles. The summed E-state index contributed by atoms with van der Waals surface area (Å²) < 4.78 is 0. The molecular weight excluding hydrogens is 224 g/mol. The highest BCUT2D eigenvalue weighted by Crippen LogP contribution is 2.32. The van der Waals surface area contributed by atoms with Crippen molar-refractivity contribution in [2.45, 2.75) is 33.2 Å². The molecule has 1 heterocycles. The number of fused-ring (bicyclic) bond motifs is 1. The van der Waals surface area contributed by atoms with Crippen LogP contribution >= 0.6 is 0 Å². The van der Waals surface area contributed by atoms with E-state index in [0.717, 1.165) is 12.0 Å². The molecule has 1 aliphatic rings. The predicted octanol–water partition coefficient (Wildman–Crippen LogP) is 2.68. The normalized spacial score (nSPS) is 19.0. The Hall–Kier alpha value is -1.82. The summed E-state index contributed by atoms with van der Waals surface area (Å²) >= 11 is 0. The van der Waals surface area contributed by atoms with E-state index in [0.29, 0.717) is 6.54 Å². The van der Waals surface area contributed by atoms with Crippen LogP contribution in [0.2, 0.25) is 0 Å². The van der Waals surface area contributed by atoms with Gasteiger partial charge in [-0.15, -0.1) is 0 Å². The number of carbonyl (C=O) groups excluding carboxylic acids is 1. The van der Waals surface area contributed by atoms with Gasteiger partial charge in [0, 0.05) is 12.0 Å². The third-order valence-electron chi connectivity index (χ3n) is 3.31. The molecule has 3 nitrogen and oxygen atoms in total. The molecule has 0 fully saturated rings. The summed E-state index contributed by atoms with van der Waals surface area (Å²) in [5, 5.41) is 9.38. The van der Waals surface area contributed by atoms with Crippen LogP contribution in [-0.2, 0) is 11.2 Å².